The van der Waals surface area contributed by atoms with Crippen molar-refractivity contribution in [2.24, 2.45) is 5.92 Å². The van der Waals surface area contributed by atoms with Gasteiger partial charge in [0.15, 0.2) is 9.84 Å². The molecule has 1 rings (SSSR count). The Morgan fingerprint density at radius 2 is 2.23 bits per heavy atom. The average Bonchev–Trinajstić information content (AvgIpc) is 2.03. The standard InChI is InChI=1S/C9H16O3S/c1-8(4-5-10)9-3-2-6-13(11,12)7-9/h9-10H,1-7H2. The van der Waals surface area contributed by atoms with Gasteiger partial charge in [-0.3, -0.25) is 0 Å². The SMILES string of the molecule is C=C(CCO)C1CCCS(=O)(=O)C1. The normalized spacial score (nSPS) is 27.0. The molecule has 1 atom stereocenters. The van der Waals surface area contributed by atoms with Crippen molar-refractivity contribution in [1.82, 2.24) is 0 Å². The van der Waals surface area contributed by atoms with Gasteiger partial charge in [-0.1, -0.05) is 12.2 Å². The molecule has 0 aromatic rings. The van der Waals surface area contributed by atoms with Crippen molar-refractivity contribution < 1.29 is 13.5 Å². The predicted molar refractivity (Wildman–Crippen MR) is 52.2 cm³/mol. The van der Waals surface area contributed by atoms with E-state index in [4.69, 9.17) is 5.11 Å². The first-order valence-electron chi connectivity index (χ1n) is 4.54. The van der Waals surface area contributed by atoms with E-state index in [-0.39, 0.29) is 18.3 Å². The summed E-state index contributed by atoms with van der Waals surface area (Å²) >= 11 is 0. The second-order valence-electron chi connectivity index (χ2n) is 3.59. The minimum Gasteiger partial charge on any atom is -0.396 e. The van der Waals surface area contributed by atoms with Crippen molar-refractivity contribution in [3.05, 3.63) is 12.2 Å². The molecule has 0 saturated carbocycles. The van der Waals surface area contributed by atoms with Gasteiger partial charge in [0.25, 0.3) is 0 Å². The number of sulfone groups is 1. The summed E-state index contributed by atoms with van der Waals surface area (Å²) in [5.74, 6) is 0.618. The van der Waals surface area contributed by atoms with Gasteiger partial charge in [0.1, 0.15) is 0 Å². The third kappa shape index (κ3) is 3.12. The van der Waals surface area contributed by atoms with Crippen LogP contribution < -0.4 is 0 Å². The van der Waals surface area contributed by atoms with Crippen LogP contribution in [0.3, 0.4) is 0 Å². The van der Waals surface area contributed by atoms with Gasteiger partial charge in [-0.15, -0.1) is 0 Å². The molecule has 0 bridgehead atoms. The highest BCUT2D eigenvalue weighted by atomic mass is 32.2. The van der Waals surface area contributed by atoms with Gasteiger partial charge in [-0.25, -0.2) is 8.42 Å². The molecule has 1 N–H and O–H groups in total. The highest BCUT2D eigenvalue weighted by Crippen LogP contribution is 2.25. The van der Waals surface area contributed by atoms with Gasteiger partial charge < -0.3 is 5.11 Å². The molecule has 0 amide bonds. The molecule has 0 aromatic heterocycles. The van der Waals surface area contributed by atoms with Crippen LogP contribution >= 0.6 is 0 Å². The third-order valence-electron chi connectivity index (χ3n) is 2.47. The van der Waals surface area contributed by atoms with E-state index in [0.717, 1.165) is 18.4 Å². The molecule has 1 aliphatic heterocycles. The first-order valence-corrected chi connectivity index (χ1v) is 6.36. The zero-order valence-electron chi connectivity index (χ0n) is 7.70. The Kier molecular flexibility index (Phi) is 3.50. The minimum atomic E-state index is -2.84. The Labute approximate surface area is 79.4 Å². The summed E-state index contributed by atoms with van der Waals surface area (Å²) in [7, 11) is -2.84. The Hall–Kier alpha value is -0.350. The number of aliphatic hydroxyl groups is 1. The molecular weight excluding hydrogens is 188 g/mol. The zero-order valence-corrected chi connectivity index (χ0v) is 8.52. The molecule has 0 spiro atoms. The highest BCUT2D eigenvalue weighted by Gasteiger charge is 2.25. The van der Waals surface area contributed by atoms with E-state index in [1.807, 2.05) is 0 Å². The fraction of sp³-hybridized carbons (Fsp3) is 0.778. The van der Waals surface area contributed by atoms with Gasteiger partial charge in [-0.05, 0) is 25.2 Å². The first kappa shape index (κ1) is 10.7. The molecule has 0 aliphatic carbocycles. The summed E-state index contributed by atoms with van der Waals surface area (Å²) in [5.41, 5.74) is 0.880. The number of hydrogen-bond acceptors (Lipinski definition) is 3. The maximum Gasteiger partial charge on any atom is 0.150 e. The molecule has 1 heterocycles. The lowest BCUT2D eigenvalue weighted by Gasteiger charge is -2.23. The molecule has 3 nitrogen and oxygen atoms in total. The van der Waals surface area contributed by atoms with E-state index in [2.05, 4.69) is 6.58 Å². The van der Waals surface area contributed by atoms with Crippen LogP contribution in [-0.2, 0) is 9.84 Å². The maximum atomic E-state index is 11.3. The molecular formula is C9H16O3S. The van der Waals surface area contributed by atoms with Crippen molar-refractivity contribution in [1.29, 1.82) is 0 Å². The largest absolute Gasteiger partial charge is 0.396 e. The predicted octanol–water partition coefficient (Wildman–Crippen LogP) is 0.750. The summed E-state index contributed by atoms with van der Waals surface area (Å²) in [4.78, 5) is 0. The highest BCUT2D eigenvalue weighted by molar-refractivity contribution is 7.91. The van der Waals surface area contributed by atoms with Crippen molar-refractivity contribution in [2.45, 2.75) is 19.3 Å². The fourth-order valence-electron chi connectivity index (χ4n) is 1.69. The van der Waals surface area contributed by atoms with Crippen LogP contribution in [0.1, 0.15) is 19.3 Å². The molecule has 1 unspecified atom stereocenters. The fourth-order valence-corrected chi connectivity index (χ4v) is 3.48. The van der Waals surface area contributed by atoms with Crippen molar-refractivity contribution >= 4 is 9.84 Å². The van der Waals surface area contributed by atoms with E-state index < -0.39 is 9.84 Å². The lowest BCUT2D eigenvalue weighted by molar-refractivity contribution is 0.294. The summed E-state index contributed by atoms with van der Waals surface area (Å²) in [6.07, 6.45) is 2.16. The second-order valence-corrected chi connectivity index (χ2v) is 5.81. The van der Waals surface area contributed by atoms with Crippen LogP contribution in [0.2, 0.25) is 0 Å². The van der Waals surface area contributed by atoms with Crippen LogP contribution in [0.15, 0.2) is 12.2 Å². The van der Waals surface area contributed by atoms with Gasteiger partial charge in [0.05, 0.1) is 11.5 Å². The molecule has 1 fully saturated rings. The quantitative estimate of drug-likeness (QED) is 0.690. The average molecular weight is 204 g/mol. The molecule has 4 heteroatoms. The van der Waals surface area contributed by atoms with Crippen molar-refractivity contribution in [3.8, 4) is 0 Å². The maximum absolute atomic E-state index is 11.3. The van der Waals surface area contributed by atoms with Crippen LogP contribution in [0.25, 0.3) is 0 Å². The van der Waals surface area contributed by atoms with E-state index >= 15 is 0 Å². The lowest BCUT2D eigenvalue weighted by atomic mass is 9.95. The number of aliphatic hydroxyl groups excluding tert-OH is 1. The van der Waals surface area contributed by atoms with Crippen molar-refractivity contribution in [3.63, 3.8) is 0 Å². The van der Waals surface area contributed by atoms with E-state index in [9.17, 15) is 8.42 Å². The van der Waals surface area contributed by atoms with Crippen LogP contribution in [0, 0.1) is 5.92 Å². The summed E-state index contributed by atoms with van der Waals surface area (Å²) in [6, 6.07) is 0. The van der Waals surface area contributed by atoms with Gasteiger partial charge >= 0.3 is 0 Å². The minimum absolute atomic E-state index is 0.0649. The van der Waals surface area contributed by atoms with E-state index in [1.54, 1.807) is 0 Å². The van der Waals surface area contributed by atoms with Crippen LogP contribution in [0.5, 0.6) is 0 Å². The topological polar surface area (TPSA) is 54.4 Å². The molecule has 1 aliphatic rings. The molecule has 76 valence electrons. The second kappa shape index (κ2) is 4.24. The Morgan fingerprint density at radius 1 is 1.54 bits per heavy atom. The number of rotatable bonds is 3. The van der Waals surface area contributed by atoms with Crippen LogP contribution in [0.4, 0.5) is 0 Å². The third-order valence-corrected chi connectivity index (χ3v) is 4.29. The number of hydrogen-bond donors (Lipinski definition) is 1. The van der Waals surface area contributed by atoms with Gasteiger partial charge in [0.2, 0.25) is 0 Å². The van der Waals surface area contributed by atoms with Gasteiger partial charge in [-0.2, -0.15) is 0 Å². The Balaban J connectivity index is 2.57. The molecule has 0 aromatic carbocycles. The summed E-state index contributed by atoms with van der Waals surface area (Å²) in [5, 5.41) is 8.69. The monoisotopic (exact) mass is 204 g/mol. The van der Waals surface area contributed by atoms with Crippen molar-refractivity contribution in [2.75, 3.05) is 18.1 Å². The Morgan fingerprint density at radius 3 is 2.77 bits per heavy atom. The van der Waals surface area contributed by atoms with Gasteiger partial charge in [0, 0.05) is 6.61 Å². The lowest BCUT2D eigenvalue weighted by Crippen LogP contribution is -2.26. The van der Waals surface area contributed by atoms with E-state index in [0.29, 0.717) is 12.2 Å². The summed E-state index contributed by atoms with van der Waals surface area (Å²) < 4.78 is 22.5. The smallest absolute Gasteiger partial charge is 0.150 e. The molecule has 0 radical (unpaired) electrons. The molecule has 13 heavy (non-hydrogen) atoms. The zero-order chi connectivity index (χ0) is 9.90. The summed E-state index contributed by atoms with van der Waals surface area (Å²) in [6.45, 7) is 3.87. The first-order chi connectivity index (χ1) is 6.05. The Bertz CT molecular complexity index is 279. The van der Waals surface area contributed by atoms with E-state index in [1.165, 1.54) is 0 Å². The van der Waals surface area contributed by atoms with Crippen LogP contribution in [-0.4, -0.2) is 31.6 Å². The molecule has 1 saturated heterocycles.